The summed E-state index contributed by atoms with van der Waals surface area (Å²) in [5.74, 6) is 0.187. The third kappa shape index (κ3) is 4.63. The van der Waals surface area contributed by atoms with Crippen LogP contribution in [0.3, 0.4) is 0 Å². The number of hydrogen-bond acceptors (Lipinski definition) is 4. The molecule has 5 nitrogen and oxygen atoms in total. The molecule has 2 unspecified atom stereocenters. The molecule has 0 radical (unpaired) electrons. The van der Waals surface area contributed by atoms with Gasteiger partial charge in [0.15, 0.2) is 0 Å². The lowest BCUT2D eigenvalue weighted by Crippen LogP contribution is -2.41. The van der Waals surface area contributed by atoms with Crippen LogP contribution in [0.4, 0.5) is 0 Å². The van der Waals surface area contributed by atoms with Crippen LogP contribution in [0.15, 0.2) is 0 Å². The van der Waals surface area contributed by atoms with Gasteiger partial charge in [-0.15, -0.1) is 0 Å². The number of amidine groups is 1. The molecule has 6 heteroatoms. The zero-order valence-corrected chi connectivity index (χ0v) is 11.5. The fourth-order valence-corrected chi connectivity index (χ4v) is 3.56. The molecule has 1 aliphatic carbocycles. The Labute approximate surface area is 104 Å². The van der Waals surface area contributed by atoms with E-state index in [2.05, 4.69) is 4.90 Å². The van der Waals surface area contributed by atoms with E-state index in [1.165, 1.54) is 6.26 Å². The van der Waals surface area contributed by atoms with E-state index in [1.807, 2.05) is 7.05 Å². The van der Waals surface area contributed by atoms with Gasteiger partial charge in [-0.1, -0.05) is 6.42 Å². The maximum absolute atomic E-state index is 11.5. The van der Waals surface area contributed by atoms with E-state index in [4.69, 9.17) is 11.1 Å². The van der Waals surface area contributed by atoms with Gasteiger partial charge in [-0.2, -0.15) is 0 Å². The Balaban J connectivity index is 2.51. The second-order valence-corrected chi connectivity index (χ2v) is 7.35. The molecular weight excluding hydrogens is 238 g/mol. The maximum atomic E-state index is 11.5. The largest absolute Gasteiger partial charge is 0.388 e. The van der Waals surface area contributed by atoms with E-state index in [0.29, 0.717) is 18.9 Å². The molecule has 0 spiro atoms. The summed E-state index contributed by atoms with van der Waals surface area (Å²) in [6.07, 6.45) is 5.39. The average molecular weight is 261 g/mol. The molecule has 0 aromatic rings. The lowest BCUT2D eigenvalue weighted by molar-refractivity contribution is 0.197. The van der Waals surface area contributed by atoms with Crippen molar-refractivity contribution in [3.63, 3.8) is 0 Å². The van der Waals surface area contributed by atoms with Gasteiger partial charge in [0, 0.05) is 25.3 Å². The van der Waals surface area contributed by atoms with Gasteiger partial charge in [-0.25, -0.2) is 8.42 Å². The molecule has 2 atom stereocenters. The van der Waals surface area contributed by atoms with Crippen LogP contribution in [0, 0.1) is 5.41 Å². The first-order valence-corrected chi connectivity index (χ1v) is 7.98. The summed E-state index contributed by atoms with van der Waals surface area (Å²) in [5, 5.41) is 7.00. The Hall–Kier alpha value is -0.620. The molecule has 0 heterocycles. The van der Waals surface area contributed by atoms with Crippen molar-refractivity contribution < 1.29 is 8.42 Å². The summed E-state index contributed by atoms with van der Waals surface area (Å²) in [6, 6.07) is 0.308. The molecule has 0 aromatic heterocycles. The second-order valence-electron chi connectivity index (χ2n) is 5.03. The summed E-state index contributed by atoms with van der Waals surface area (Å²) < 4.78 is 23.1. The summed E-state index contributed by atoms with van der Waals surface area (Å²) in [4.78, 5) is 2.14. The van der Waals surface area contributed by atoms with Crippen LogP contribution in [0.5, 0.6) is 0 Å². The molecular formula is C11H23N3O2S. The molecule has 0 aromatic carbocycles. The van der Waals surface area contributed by atoms with Crippen molar-refractivity contribution in [2.45, 2.75) is 43.4 Å². The topological polar surface area (TPSA) is 87.2 Å². The average Bonchev–Trinajstić information content (AvgIpc) is 2.25. The van der Waals surface area contributed by atoms with Gasteiger partial charge in [0.25, 0.3) is 0 Å². The summed E-state index contributed by atoms with van der Waals surface area (Å²) in [6.45, 7) is 0.733. The highest BCUT2D eigenvalue weighted by molar-refractivity contribution is 7.91. The molecule has 1 aliphatic rings. The molecule has 3 N–H and O–H groups in total. The molecule has 1 rings (SSSR count). The van der Waals surface area contributed by atoms with Crippen molar-refractivity contribution >= 4 is 15.7 Å². The van der Waals surface area contributed by atoms with Crippen LogP contribution >= 0.6 is 0 Å². The van der Waals surface area contributed by atoms with Crippen LogP contribution in [0.25, 0.3) is 0 Å². The fourth-order valence-electron chi connectivity index (χ4n) is 2.39. The number of nitrogens with two attached hydrogens (primary N) is 1. The van der Waals surface area contributed by atoms with Gasteiger partial charge in [0.1, 0.15) is 9.84 Å². The third-order valence-corrected chi connectivity index (χ3v) is 5.20. The van der Waals surface area contributed by atoms with Gasteiger partial charge in [0.2, 0.25) is 0 Å². The zero-order chi connectivity index (χ0) is 13.1. The minimum Gasteiger partial charge on any atom is -0.388 e. The zero-order valence-electron chi connectivity index (χ0n) is 10.6. The molecule has 1 fully saturated rings. The standard InChI is InChI=1S/C11H23N3O2S/c1-14(7-6-11(12)13)9-4-3-5-10(8-9)17(2,15)16/h9-10H,3-8H2,1-2H3,(H3,12,13). The predicted octanol–water partition coefficient (Wildman–Crippen LogP) is 0.600. The van der Waals surface area contributed by atoms with Gasteiger partial charge < -0.3 is 10.6 Å². The first kappa shape index (κ1) is 14.4. The Morgan fingerprint density at radius 2 is 2.12 bits per heavy atom. The molecule has 100 valence electrons. The third-order valence-electron chi connectivity index (χ3n) is 3.56. The van der Waals surface area contributed by atoms with Crippen LogP contribution in [-0.4, -0.2) is 50.3 Å². The number of nitrogens with zero attached hydrogens (tertiary/aromatic N) is 1. The molecule has 0 aliphatic heterocycles. The first-order valence-electron chi connectivity index (χ1n) is 6.02. The lowest BCUT2D eigenvalue weighted by Gasteiger charge is -2.34. The summed E-state index contributed by atoms with van der Waals surface area (Å²) in [5.41, 5.74) is 5.33. The minimum atomic E-state index is -2.92. The quantitative estimate of drug-likeness (QED) is 0.560. The number of hydrogen-bond donors (Lipinski definition) is 2. The highest BCUT2D eigenvalue weighted by atomic mass is 32.2. The lowest BCUT2D eigenvalue weighted by atomic mass is 9.94. The van der Waals surface area contributed by atoms with Crippen molar-refractivity contribution in [2.24, 2.45) is 5.73 Å². The Morgan fingerprint density at radius 3 is 2.65 bits per heavy atom. The SMILES string of the molecule is CN(CCC(=N)N)C1CCCC(S(C)(=O)=O)C1. The first-order chi connectivity index (χ1) is 7.80. The van der Waals surface area contributed by atoms with Gasteiger partial charge in [0.05, 0.1) is 11.1 Å². The fraction of sp³-hybridized carbons (Fsp3) is 0.909. The van der Waals surface area contributed by atoms with Crippen LogP contribution in [-0.2, 0) is 9.84 Å². The van der Waals surface area contributed by atoms with E-state index in [-0.39, 0.29) is 11.1 Å². The number of nitrogens with one attached hydrogen (secondary N) is 1. The second kappa shape index (κ2) is 5.82. The van der Waals surface area contributed by atoms with Crippen molar-refractivity contribution in [3.05, 3.63) is 0 Å². The van der Waals surface area contributed by atoms with Gasteiger partial charge >= 0.3 is 0 Å². The summed E-state index contributed by atoms with van der Waals surface area (Å²) >= 11 is 0. The minimum absolute atomic E-state index is 0.187. The van der Waals surface area contributed by atoms with Crippen molar-refractivity contribution in [2.75, 3.05) is 19.8 Å². The molecule has 0 saturated heterocycles. The van der Waals surface area contributed by atoms with Crippen LogP contribution in [0.1, 0.15) is 32.1 Å². The van der Waals surface area contributed by atoms with Gasteiger partial charge in [-0.05, 0) is 26.3 Å². The van der Waals surface area contributed by atoms with E-state index in [0.717, 1.165) is 25.8 Å². The number of sulfone groups is 1. The Kier molecular flexibility index (Phi) is 4.94. The Bertz CT molecular complexity index is 367. The number of rotatable bonds is 5. The van der Waals surface area contributed by atoms with E-state index in [9.17, 15) is 8.42 Å². The van der Waals surface area contributed by atoms with Gasteiger partial charge in [-0.3, -0.25) is 5.41 Å². The van der Waals surface area contributed by atoms with Crippen LogP contribution < -0.4 is 5.73 Å². The predicted molar refractivity (Wildman–Crippen MR) is 70.0 cm³/mol. The van der Waals surface area contributed by atoms with Crippen LogP contribution in [0.2, 0.25) is 0 Å². The Morgan fingerprint density at radius 1 is 1.47 bits per heavy atom. The summed E-state index contributed by atoms with van der Waals surface area (Å²) in [7, 11) is -0.933. The van der Waals surface area contributed by atoms with Crippen molar-refractivity contribution in [1.82, 2.24) is 4.90 Å². The normalized spacial score (nSPS) is 26.1. The van der Waals surface area contributed by atoms with E-state index >= 15 is 0 Å². The molecule has 17 heavy (non-hydrogen) atoms. The smallest absolute Gasteiger partial charge is 0.150 e. The van der Waals surface area contributed by atoms with Crippen molar-refractivity contribution in [3.8, 4) is 0 Å². The monoisotopic (exact) mass is 261 g/mol. The molecule has 1 saturated carbocycles. The highest BCUT2D eigenvalue weighted by Gasteiger charge is 2.30. The molecule has 0 bridgehead atoms. The van der Waals surface area contributed by atoms with E-state index < -0.39 is 9.84 Å². The van der Waals surface area contributed by atoms with Crippen molar-refractivity contribution in [1.29, 1.82) is 5.41 Å². The maximum Gasteiger partial charge on any atom is 0.150 e. The highest BCUT2D eigenvalue weighted by Crippen LogP contribution is 2.26. The van der Waals surface area contributed by atoms with E-state index in [1.54, 1.807) is 0 Å². The molecule has 0 amide bonds.